The van der Waals surface area contributed by atoms with Gasteiger partial charge in [-0.05, 0) is 52.0 Å². The van der Waals surface area contributed by atoms with Crippen molar-refractivity contribution in [3.05, 3.63) is 56.2 Å². The molecule has 0 spiro atoms. The van der Waals surface area contributed by atoms with Crippen molar-refractivity contribution >= 4 is 22.7 Å². The topological polar surface area (TPSA) is 41.6 Å². The molecule has 0 aromatic carbocycles. The fourth-order valence-electron chi connectivity index (χ4n) is 3.15. The Morgan fingerprint density at radius 1 is 0.920 bits per heavy atom. The van der Waals surface area contributed by atoms with E-state index in [2.05, 4.69) is 49.8 Å². The Labute approximate surface area is 155 Å². The smallest absolute Gasteiger partial charge is 0.140 e. The summed E-state index contributed by atoms with van der Waals surface area (Å²) < 4.78 is 0. The van der Waals surface area contributed by atoms with Crippen LogP contribution in [0, 0.1) is 27.7 Å². The Bertz CT molecular complexity index is 975. The number of pyridine rings is 1. The Morgan fingerprint density at radius 3 is 2.16 bits per heavy atom. The van der Waals surface area contributed by atoms with Crippen molar-refractivity contribution in [2.45, 2.75) is 27.7 Å². The fourth-order valence-corrected chi connectivity index (χ4v) is 5.00. The number of nitrogens with one attached hydrogen (secondary N) is 1. The highest BCUT2D eigenvalue weighted by Gasteiger charge is 2.20. The molecule has 0 fully saturated rings. The van der Waals surface area contributed by atoms with E-state index in [4.69, 9.17) is 4.98 Å². The average Bonchev–Trinajstić information content (AvgIpc) is 3.25. The van der Waals surface area contributed by atoms with Gasteiger partial charge < -0.3 is 4.98 Å². The summed E-state index contributed by atoms with van der Waals surface area (Å²) in [6, 6.07) is 8.47. The van der Waals surface area contributed by atoms with E-state index < -0.39 is 0 Å². The highest BCUT2D eigenvalue weighted by Crippen LogP contribution is 2.40. The summed E-state index contributed by atoms with van der Waals surface area (Å²) in [5.41, 5.74) is 5.59. The van der Waals surface area contributed by atoms with Crippen molar-refractivity contribution in [2.24, 2.45) is 0 Å². The molecule has 5 heteroatoms. The second kappa shape index (κ2) is 6.24. The minimum Gasteiger partial charge on any atom is -0.337 e. The van der Waals surface area contributed by atoms with E-state index in [-0.39, 0.29) is 0 Å². The maximum Gasteiger partial charge on any atom is 0.140 e. The lowest BCUT2D eigenvalue weighted by molar-refractivity contribution is 1.26. The zero-order valence-electron chi connectivity index (χ0n) is 14.7. The zero-order valence-corrected chi connectivity index (χ0v) is 16.3. The molecule has 0 saturated carbocycles. The third kappa shape index (κ3) is 2.94. The van der Waals surface area contributed by atoms with E-state index in [1.165, 1.54) is 30.6 Å². The molecule has 0 unspecified atom stereocenters. The molecule has 0 atom stereocenters. The third-order valence-corrected chi connectivity index (χ3v) is 6.18. The molecule has 126 valence electrons. The van der Waals surface area contributed by atoms with Gasteiger partial charge >= 0.3 is 0 Å². The van der Waals surface area contributed by atoms with Gasteiger partial charge in [-0.15, -0.1) is 22.7 Å². The van der Waals surface area contributed by atoms with Crippen molar-refractivity contribution in [2.75, 3.05) is 0 Å². The standard InChI is InChI=1S/C20H19N3S2/c1-11-8-16(13(3)24-11)18-19(17-9-12(2)25-14(17)4)23-20(22-18)15-6-5-7-21-10-15/h5-10H,1-4H3,(H,22,23). The Hall–Kier alpha value is -2.24. The molecule has 0 aliphatic heterocycles. The van der Waals surface area contributed by atoms with Crippen LogP contribution in [0.1, 0.15) is 19.5 Å². The van der Waals surface area contributed by atoms with Crippen LogP contribution < -0.4 is 0 Å². The summed E-state index contributed by atoms with van der Waals surface area (Å²) in [4.78, 5) is 18.0. The SMILES string of the molecule is Cc1cc(-c2nc(-c3cccnc3)[nH]c2-c2cc(C)sc2C)c(C)s1. The first-order chi connectivity index (χ1) is 12.0. The molecule has 0 aliphatic carbocycles. The summed E-state index contributed by atoms with van der Waals surface area (Å²) in [5, 5.41) is 0. The van der Waals surface area contributed by atoms with Crippen molar-refractivity contribution in [3.63, 3.8) is 0 Å². The van der Waals surface area contributed by atoms with Crippen molar-refractivity contribution in [1.29, 1.82) is 0 Å². The van der Waals surface area contributed by atoms with Gasteiger partial charge in [0.05, 0.1) is 11.4 Å². The van der Waals surface area contributed by atoms with Crippen molar-refractivity contribution < 1.29 is 0 Å². The Kier molecular flexibility index (Phi) is 4.06. The van der Waals surface area contributed by atoms with Crippen LogP contribution in [0.3, 0.4) is 0 Å². The first kappa shape index (κ1) is 16.2. The molecule has 1 N–H and O–H groups in total. The largest absolute Gasteiger partial charge is 0.337 e. The fraction of sp³-hybridized carbons (Fsp3) is 0.200. The lowest BCUT2D eigenvalue weighted by Gasteiger charge is -2.01. The molecular weight excluding hydrogens is 346 g/mol. The molecule has 0 aliphatic rings. The molecule has 4 rings (SSSR count). The van der Waals surface area contributed by atoms with Crippen LogP contribution in [0.15, 0.2) is 36.7 Å². The lowest BCUT2D eigenvalue weighted by atomic mass is 10.1. The highest BCUT2D eigenvalue weighted by atomic mass is 32.1. The number of H-pyrrole nitrogens is 1. The van der Waals surface area contributed by atoms with Crippen molar-refractivity contribution in [1.82, 2.24) is 15.0 Å². The van der Waals surface area contributed by atoms with E-state index in [0.717, 1.165) is 22.8 Å². The molecule has 0 radical (unpaired) electrons. The molecule has 4 aromatic heterocycles. The van der Waals surface area contributed by atoms with Crippen LogP contribution in [0.2, 0.25) is 0 Å². The second-order valence-corrected chi connectivity index (χ2v) is 9.13. The van der Waals surface area contributed by atoms with E-state index in [0.29, 0.717) is 0 Å². The molecule has 0 bridgehead atoms. The number of aromatic nitrogens is 3. The highest BCUT2D eigenvalue weighted by molar-refractivity contribution is 7.12. The van der Waals surface area contributed by atoms with E-state index >= 15 is 0 Å². The summed E-state index contributed by atoms with van der Waals surface area (Å²) in [6.45, 7) is 8.64. The van der Waals surface area contributed by atoms with Gasteiger partial charge in [0.15, 0.2) is 0 Å². The predicted octanol–water partition coefficient (Wildman–Crippen LogP) is 6.16. The van der Waals surface area contributed by atoms with E-state index in [1.54, 1.807) is 6.20 Å². The molecule has 0 amide bonds. The normalized spacial score (nSPS) is 11.2. The lowest BCUT2D eigenvalue weighted by Crippen LogP contribution is -1.83. The predicted molar refractivity (Wildman–Crippen MR) is 107 cm³/mol. The Balaban J connectivity index is 1.96. The number of thiophene rings is 2. The van der Waals surface area contributed by atoms with Gasteiger partial charge in [-0.2, -0.15) is 0 Å². The molecule has 3 nitrogen and oxygen atoms in total. The molecule has 4 aromatic rings. The van der Waals surface area contributed by atoms with Crippen LogP contribution in [-0.4, -0.2) is 15.0 Å². The quantitative estimate of drug-likeness (QED) is 0.472. The maximum atomic E-state index is 4.97. The number of aromatic amines is 1. The number of aryl methyl sites for hydroxylation is 4. The average molecular weight is 366 g/mol. The van der Waals surface area contributed by atoms with Crippen LogP contribution in [0.5, 0.6) is 0 Å². The minimum absolute atomic E-state index is 0.865. The number of hydrogen-bond acceptors (Lipinski definition) is 4. The van der Waals surface area contributed by atoms with Gasteiger partial charge in [0.25, 0.3) is 0 Å². The van der Waals surface area contributed by atoms with Crippen LogP contribution in [0.25, 0.3) is 33.9 Å². The molecule has 25 heavy (non-hydrogen) atoms. The second-order valence-electron chi connectivity index (χ2n) is 6.20. The van der Waals surface area contributed by atoms with Gasteiger partial charge in [0, 0.05) is 48.6 Å². The maximum absolute atomic E-state index is 4.97. The van der Waals surface area contributed by atoms with E-state index in [9.17, 15) is 0 Å². The molecule has 0 saturated heterocycles. The summed E-state index contributed by atoms with van der Waals surface area (Å²) in [6.07, 6.45) is 3.64. The van der Waals surface area contributed by atoms with Gasteiger partial charge in [-0.3, -0.25) is 4.98 Å². The number of rotatable bonds is 3. The summed E-state index contributed by atoms with van der Waals surface area (Å²) >= 11 is 3.64. The number of nitrogens with zero attached hydrogens (tertiary/aromatic N) is 2. The van der Waals surface area contributed by atoms with Gasteiger partial charge in [-0.25, -0.2) is 4.98 Å². The number of imidazole rings is 1. The van der Waals surface area contributed by atoms with Crippen LogP contribution >= 0.6 is 22.7 Å². The van der Waals surface area contributed by atoms with Crippen molar-refractivity contribution in [3.8, 4) is 33.9 Å². The Morgan fingerprint density at radius 2 is 1.60 bits per heavy atom. The summed E-state index contributed by atoms with van der Waals surface area (Å²) in [5.74, 6) is 0.865. The van der Waals surface area contributed by atoms with E-state index in [1.807, 2.05) is 41.0 Å². The van der Waals surface area contributed by atoms with Crippen LogP contribution in [-0.2, 0) is 0 Å². The summed E-state index contributed by atoms with van der Waals surface area (Å²) in [7, 11) is 0. The van der Waals surface area contributed by atoms with Gasteiger partial charge in [-0.1, -0.05) is 0 Å². The minimum atomic E-state index is 0.865. The third-order valence-electron chi connectivity index (χ3n) is 4.25. The zero-order chi connectivity index (χ0) is 17.6. The first-order valence-corrected chi connectivity index (χ1v) is 9.81. The van der Waals surface area contributed by atoms with Gasteiger partial charge in [0.1, 0.15) is 5.82 Å². The number of hydrogen-bond donors (Lipinski definition) is 1. The molecular formula is C20H19N3S2. The van der Waals surface area contributed by atoms with Gasteiger partial charge in [0.2, 0.25) is 0 Å². The first-order valence-electron chi connectivity index (χ1n) is 8.18. The van der Waals surface area contributed by atoms with Crippen LogP contribution in [0.4, 0.5) is 0 Å². The monoisotopic (exact) mass is 365 g/mol. The molecule has 4 heterocycles.